The average Bonchev–Trinajstić information content (AvgIpc) is 2.95. The number of amides is 1. The van der Waals surface area contributed by atoms with Gasteiger partial charge in [-0.05, 0) is 36.3 Å². The predicted molar refractivity (Wildman–Crippen MR) is 91.6 cm³/mol. The number of carbonyl (C=O) groups excluding carboxylic acids is 1. The maximum Gasteiger partial charge on any atom is 0.230 e. The first-order valence-corrected chi connectivity index (χ1v) is 8.74. The Labute approximate surface area is 142 Å². The highest BCUT2D eigenvalue weighted by atomic mass is 16.2. The quantitative estimate of drug-likeness (QED) is 0.810. The van der Waals surface area contributed by atoms with Crippen molar-refractivity contribution in [2.75, 3.05) is 6.54 Å². The molecule has 1 aromatic heterocycles. The third-order valence-electron chi connectivity index (χ3n) is 5.67. The number of aryl methyl sites for hydroxylation is 1. The zero-order valence-electron chi connectivity index (χ0n) is 14.6. The maximum atomic E-state index is 13.2. The lowest BCUT2D eigenvalue weighted by molar-refractivity contribution is -0.134. The first kappa shape index (κ1) is 15.4. The molecular weight excluding hydrogens is 300 g/mol. The molecule has 1 aromatic carbocycles. The van der Waals surface area contributed by atoms with Gasteiger partial charge in [-0.15, -0.1) is 10.2 Å². The van der Waals surface area contributed by atoms with Crippen molar-refractivity contribution in [3.05, 3.63) is 47.0 Å². The zero-order valence-corrected chi connectivity index (χ0v) is 14.6. The maximum absolute atomic E-state index is 13.2. The molecule has 24 heavy (non-hydrogen) atoms. The Morgan fingerprint density at radius 3 is 2.83 bits per heavy atom. The summed E-state index contributed by atoms with van der Waals surface area (Å²) in [5, 5.41) is 8.36. The lowest BCUT2D eigenvalue weighted by Crippen LogP contribution is -2.43. The van der Waals surface area contributed by atoms with E-state index in [4.69, 9.17) is 0 Å². The minimum atomic E-state index is -0.0233. The van der Waals surface area contributed by atoms with Crippen molar-refractivity contribution >= 4 is 5.91 Å². The molecule has 0 N–H and O–H groups in total. The molecule has 2 aromatic rings. The Balaban J connectivity index is 1.62. The van der Waals surface area contributed by atoms with Crippen molar-refractivity contribution in [3.63, 3.8) is 0 Å². The summed E-state index contributed by atoms with van der Waals surface area (Å²) in [5.41, 5.74) is 2.68. The Hall–Kier alpha value is -2.17. The number of aromatic nitrogens is 3. The minimum absolute atomic E-state index is 0.0233. The van der Waals surface area contributed by atoms with Gasteiger partial charge >= 0.3 is 0 Å². The normalized spacial score (nSPS) is 22.0. The van der Waals surface area contributed by atoms with E-state index in [1.807, 2.05) is 11.8 Å². The minimum Gasteiger partial charge on any atom is -0.333 e. The van der Waals surface area contributed by atoms with Gasteiger partial charge < -0.3 is 9.47 Å². The lowest BCUT2D eigenvalue weighted by atomic mass is 9.68. The Morgan fingerprint density at radius 1 is 1.21 bits per heavy atom. The SMILES string of the molecule is Cc1nnc2n1CCN(C(=O)C1CCC(C)(C)c3ccccc31)C2. The molecule has 0 fully saturated rings. The van der Waals surface area contributed by atoms with Crippen LogP contribution in [0.5, 0.6) is 0 Å². The van der Waals surface area contributed by atoms with E-state index in [0.29, 0.717) is 6.54 Å². The van der Waals surface area contributed by atoms with Crippen LogP contribution >= 0.6 is 0 Å². The first-order chi connectivity index (χ1) is 11.5. The predicted octanol–water partition coefficient (Wildman–Crippen LogP) is 2.78. The highest BCUT2D eigenvalue weighted by Crippen LogP contribution is 2.43. The van der Waals surface area contributed by atoms with Gasteiger partial charge in [-0.25, -0.2) is 0 Å². The van der Waals surface area contributed by atoms with Crippen molar-refractivity contribution in [3.8, 4) is 0 Å². The van der Waals surface area contributed by atoms with E-state index < -0.39 is 0 Å². The Kier molecular flexibility index (Phi) is 3.48. The number of rotatable bonds is 1. The molecular formula is C19H24N4O. The van der Waals surface area contributed by atoms with Crippen LogP contribution in [0, 0.1) is 6.92 Å². The molecule has 5 nitrogen and oxygen atoms in total. The fourth-order valence-electron chi connectivity index (χ4n) is 4.18. The van der Waals surface area contributed by atoms with Crippen molar-refractivity contribution in [2.45, 2.75) is 58.0 Å². The third-order valence-corrected chi connectivity index (χ3v) is 5.67. The van der Waals surface area contributed by atoms with E-state index in [9.17, 15) is 4.79 Å². The molecule has 1 amide bonds. The smallest absolute Gasteiger partial charge is 0.230 e. The summed E-state index contributed by atoms with van der Waals surface area (Å²) in [6.07, 6.45) is 1.97. The molecule has 126 valence electrons. The van der Waals surface area contributed by atoms with E-state index in [1.165, 1.54) is 11.1 Å². The molecule has 0 saturated carbocycles. The lowest BCUT2D eigenvalue weighted by Gasteiger charge is -2.39. The second-order valence-corrected chi connectivity index (χ2v) is 7.64. The van der Waals surface area contributed by atoms with Gasteiger partial charge in [0.2, 0.25) is 5.91 Å². The molecule has 0 bridgehead atoms. The summed E-state index contributed by atoms with van der Waals surface area (Å²) >= 11 is 0. The molecule has 1 aliphatic carbocycles. The molecule has 1 unspecified atom stereocenters. The topological polar surface area (TPSA) is 51.0 Å². The number of carbonyl (C=O) groups is 1. The van der Waals surface area contributed by atoms with Crippen LogP contribution in [-0.4, -0.2) is 32.1 Å². The molecule has 2 heterocycles. The van der Waals surface area contributed by atoms with Crippen molar-refractivity contribution < 1.29 is 4.79 Å². The van der Waals surface area contributed by atoms with Gasteiger partial charge in [0.25, 0.3) is 0 Å². The zero-order chi connectivity index (χ0) is 16.9. The molecule has 4 rings (SSSR count). The van der Waals surface area contributed by atoms with Crippen LogP contribution in [0.2, 0.25) is 0 Å². The molecule has 0 spiro atoms. The summed E-state index contributed by atoms with van der Waals surface area (Å²) in [5.74, 6) is 2.05. The van der Waals surface area contributed by atoms with Crippen LogP contribution in [0.4, 0.5) is 0 Å². The van der Waals surface area contributed by atoms with E-state index >= 15 is 0 Å². The molecule has 1 atom stereocenters. The van der Waals surface area contributed by atoms with Gasteiger partial charge in [-0.1, -0.05) is 38.1 Å². The van der Waals surface area contributed by atoms with Crippen molar-refractivity contribution in [1.29, 1.82) is 0 Å². The molecule has 0 radical (unpaired) electrons. The van der Waals surface area contributed by atoms with Gasteiger partial charge in [-0.3, -0.25) is 4.79 Å². The summed E-state index contributed by atoms with van der Waals surface area (Å²) in [6.45, 7) is 8.62. The summed E-state index contributed by atoms with van der Waals surface area (Å²) in [6, 6.07) is 8.46. The van der Waals surface area contributed by atoms with Crippen molar-refractivity contribution in [1.82, 2.24) is 19.7 Å². The van der Waals surface area contributed by atoms with Crippen molar-refractivity contribution in [2.24, 2.45) is 0 Å². The van der Waals surface area contributed by atoms with Crippen LogP contribution in [0.3, 0.4) is 0 Å². The summed E-state index contributed by atoms with van der Waals surface area (Å²) in [4.78, 5) is 15.2. The Bertz CT molecular complexity index is 792. The fourth-order valence-corrected chi connectivity index (χ4v) is 4.18. The van der Waals surface area contributed by atoms with E-state index in [-0.39, 0.29) is 17.2 Å². The summed E-state index contributed by atoms with van der Waals surface area (Å²) in [7, 11) is 0. The van der Waals surface area contributed by atoms with Crippen LogP contribution < -0.4 is 0 Å². The monoisotopic (exact) mass is 324 g/mol. The van der Waals surface area contributed by atoms with E-state index in [2.05, 4.69) is 52.9 Å². The summed E-state index contributed by atoms with van der Waals surface area (Å²) < 4.78 is 2.11. The third kappa shape index (κ3) is 2.34. The van der Waals surface area contributed by atoms with Crippen LogP contribution in [0.25, 0.3) is 0 Å². The van der Waals surface area contributed by atoms with Gasteiger partial charge in [0, 0.05) is 13.1 Å². The Morgan fingerprint density at radius 2 is 2.00 bits per heavy atom. The van der Waals surface area contributed by atoms with Gasteiger partial charge in [0.15, 0.2) is 5.82 Å². The highest BCUT2D eigenvalue weighted by Gasteiger charge is 2.38. The second-order valence-electron chi connectivity index (χ2n) is 7.64. The molecule has 0 saturated heterocycles. The number of fused-ring (bicyclic) bond motifs is 2. The van der Waals surface area contributed by atoms with E-state index in [0.717, 1.165) is 37.6 Å². The van der Waals surface area contributed by atoms with Crippen LogP contribution in [0.1, 0.15) is 55.4 Å². The number of hydrogen-bond acceptors (Lipinski definition) is 3. The van der Waals surface area contributed by atoms with Crippen LogP contribution in [0.15, 0.2) is 24.3 Å². The van der Waals surface area contributed by atoms with Gasteiger partial charge in [-0.2, -0.15) is 0 Å². The fraction of sp³-hybridized carbons (Fsp3) is 0.526. The highest BCUT2D eigenvalue weighted by molar-refractivity contribution is 5.84. The molecule has 2 aliphatic rings. The van der Waals surface area contributed by atoms with Gasteiger partial charge in [0.05, 0.1) is 12.5 Å². The number of benzene rings is 1. The average molecular weight is 324 g/mol. The van der Waals surface area contributed by atoms with Crippen LogP contribution in [-0.2, 0) is 23.3 Å². The standard InChI is InChI=1S/C19H24N4O/c1-13-20-21-17-12-22(10-11-23(13)17)18(24)15-8-9-19(2,3)16-7-5-4-6-14(15)16/h4-7,15H,8-12H2,1-3H3. The number of nitrogens with zero attached hydrogens (tertiary/aromatic N) is 4. The molecule has 5 heteroatoms. The van der Waals surface area contributed by atoms with E-state index in [1.54, 1.807) is 0 Å². The largest absolute Gasteiger partial charge is 0.333 e. The number of hydrogen-bond donors (Lipinski definition) is 0. The first-order valence-electron chi connectivity index (χ1n) is 8.74. The van der Waals surface area contributed by atoms with Gasteiger partial charge in [0.1, 0.15) is 5.82 Å². The molecule has 1 aliphatic heterocycles. The second kappa shape index (κ2) is 5.43.